The van der Waals surface area contributed by atoms with Crippen LogP contribution in [0, 0.1) is 11.8 Å². The van der Waals surface area contributed by atoms with Crippen molar-refractivity contribution in [3.05, 3.63) is 34.3 Å². The molecule has 6 atom stereocenters. The topological polar surface area (TPSA) is 38.7 Å². The smallest absolute Gasteiger partial charge is 0.115 e. The molecule has 1 N–H and O–H groups in total. The van der Waals surface area contributed by atoms with Gasteiger partial charge >= 0.3 is 0 Å². The van der Waals surface area contributed by atoms with Gasteiger partial charge < -0.3 is 14.6 Å². The summed E-state index contributed by atoms with van der Waals surface area (Å²) < 4.78 is 12.0. The fourth-order valence-electron chi connectivity index (χ4n) is 4.15. The lowest BCUT2D eigenvalue weighted by molar-refractivity contribution is -0.109. The Morgan fingerprint density at radius 3 is 3.00 bits per heavy atom. The van der Waals surface area contributed by atoms with Crippen molar-refractivity contribution in [3.8, 4) is 0 Å². The van der Waals surface area contributed by atoms with Gasteiger partial charge in [0.25, 0.3) is 0 Å². The van der Waals surface area contributed by atoms with Gasteiger partial charge in [0.05, 0.1) is 18.3 Å². The number of aliphatic hydroxyl groups is 1. The van der Waals surface area contributed by atoms with Crippen molar-refractivity contribution in [2.45, 2.75) is 36.8 Å². The Morgan fingerprint density at radius 1 is 1.37 bits per heavy atom. The molecule has 3 fully saturated rings. The molecule has 5 rings (SSSR count). The fourth-order valence-corrected chi connectivity index (χ4v) is 4.34. The molecule has 2 aliphatic carbocycles. The maximum absolute atomic E-state index is 10.4. The van der Waals surface area contributed by atoms with E-state index in [9.17, 15) is 5.11 Å². The third-order valence-corrected chi connectivity index (χ3v) is 5.57. The standard InChI is InChI=1S/C15H15ClO3/c16-8-1-2-9-7(5-8)3-4-18-13(9)14-12(17)11-10-6-15(10,11)19-14/h1-2,5,10-14,17H,3-4,6H2/t10?,11-,12+,13-,14+,15?/m1/s1. The summed E-state index contributed by atoms with van der Waals surface area (Å²) in [5, 5.41) is 11.2. The second kappa shape index (κ2) is 3.34. The van der Waals surface area contributed by atoms with Gasteiger partial charge in [-0.25, -0.2) is 0 Å². The highest BCUT2D eigenvalue weighted by Crippen LogP contribution is 2.80. The normalized spacial score (nSPS) is 49.3. The first-order valence-corrected chi connectivity index (χ1v) is 7.34. The zero-order valence-electron chi connectivity index (χ0n) is 10.4. The van der Waals surface area contributed by atoms with Crippen molar-refractivity contribution in [1.29, 1.82) is 0 Å². The molecular formula is C15H15ClO3. The van der Waals surface area contributed by atoms with E-state index in [0.717, 1.165) is 23.4 Å². The fraction of sp³-hybridized carbons (Fsp3) is 0.600. The van der Waals surface area contributed by atoms with Crippen molar-refractivity contribution in [1.82, 2.24) is 0 Å². The lowest BCUT2D eigenvalue weighted by Gasteiger charge is -2.32. The highest BCUT2D eigenvalue weighted by molar-refractivity contribution is 6.30. The van der Waals surface area contributed by atoms with Gasteiger partial charge in [-0.2, -0.15) is 0 Å². The maximum Gasteiger partial charge on any atom is 0.115 e. The Kier molecular flexibility index (Phi) is 1.95. The van der Waals surface area contributed by atoms with Crippen LogP contribution in [0.15, 0.2) is 18.2 Å². The Balaban J connectivity index is 1.51. The van der Waals surface area contributed by atoms with Crippen LogP contribution < -0.4 is 0 Å². The molecule has 1 spiro atoms. The van der Waals surface area contributed by atoms with Gasteiger partial charge in [-0.05, 0) is 42.0 Å². The molecule has 0 aromatic heterocycles. The molecule has 1 aromatic rings. The van der Waals surface area contributed by atoms with Crippen LogP contribution in [0.3, 0.4) is 0 Å². The van der Waals surface area contributed by atoms with E-state index in [4.69, 9.17) is 21.1 Å². The van der Waals surface area contributed by atoms with Gasteiger partial charge in [-0.1, -0.05) is 17.7 Å². The Morgan fingerprint density at radius 2 is 2.26 bits per heavy atom. The second-order valence-corrected chi connectivity index (χ2v) is 6.69. The zero-order valence-corrected chi connectivity index (χ0v) is 11.1. The lowest BCUT2D eigenvalue weighted by Crippen LogP contribution is -2.36. The number of ether oxygens (including phenoxy) is 2. The maximum atomic E-state index is 10.4. The van der Waals surface area contributed by atoms with Crippen LogP contribution >= 0.6 is 11.6 Å². The summed E-state index contributed by atoms with van der Waals surface area (Å²) in [6.07, 6.45) is 1.30. The van der Waals surface area contributed by atoms with E-state index >= 15 is 0 Å². The van der Waals surface area contributed by atoms with Crippen LogP contribution in [0.2, 0.25) is 5.02 Å². The molecule has 4 aliphatic rings. The Bertz CT molecular complexity index is 575. The number of halogens is 1. The molecule has 0 bridgehead atoms. The third-order valence-electron chi connectivity index (χ3n) is 5.33. The minimum absolute atomic E-state index is 0.0392. The number of aliphatic hydroxyl groups excluding tert-OH is 1. The van der Waals surface area contributed by atoms with Crippen LogP contribution in [0.1, 0.15) is 23.7 Å². The summed E-state index contributed by atoms with van der Waals surface area (Å²) in [6, 6.07) is 5.92. The second-order valence-electron chi connectivity index (χ2n) is 6.25. The summed E-state index contributed by atoms with van der Waals surface area (Å²) in [6.45, 7) is 0.672. The van der Waals surface area contributed by atoms with Crippen LogP contribution in [-0.4, -0.2) is 29.5 Å². The highest BCUT2D eigenvalue weighted by atomic mass is 35.5. The number of rotatable bonds is 1. The molecule has 2 heterocycles. The number of fused-ring (bicyclic) bond motifs is 2. The SMILES string of the molecule is O[C@@H]1[C@@H]([C@@H]2OCCc3cc(Cl)ccc32)OC23CC2[C@H]13. The van der Waals surface area contributed by atoms with Crippen LogP contribution in [0.4, 0.5) is 0 Å². The van der Waals surface area contributed by atoms with E-state index < -0.39 is 0 Å². The van der Waals surface area contributed by atoms with Crippen LogP contribution in [0.5, 0.6) is 0 Å². The zero-order chi connectivity index (χ0) is 12.8. The molecule has 2 aliphatic heterocycles. The van der Waals surface area contributed by atoms with Crippen molar-refractivity contribution in [2.75, 3.05) is 6.61 Å². The highest BCUT2D eigenvalue weighted by Gasteiger charge is 2.87. The van der Waals surface area contributed by atoms with Crippen LogP contribution in [-0.2, 0) is 15.9 Å². The van der Waals surface area contributed by atoms with E-state index in [1.807, 2.05) is 18.2 Å². The monoisotopic (exact) mass is 278 g/mol. The minimum atomic E-state index is -0.370. The average Bonchev–Trinajstić information content (AvgIpc) is 3.21. The largest absolute Gasteiger partial charge is 0.390 e. The van der Waals surface area contributed by atoms with Crippen molar-refractivity contribution < 1.29 is 14.6 Å². The average molecular weight is 279 g/mol. The molecular weight excluding hydrogens is 264 g/mol. The van der Waals surface area contributed by atoms with E-state index in [0.29, 0.717) is 18.4 Å². The molecule has 3 nitrogen and oxygen atoms in total. The predicted octanol–water partition coefficient (Wildman–Crippen LogP) is 2.10. The van der Waals surface area contributed by atoms with Gasteiger partial charge in [0.2, 0.25) is 0 Å². The molecule has 1 saturated heterocycles. The molecule has 1 aromatic carbocycles. The van der Waals surface area contributed by atoms with Gasteiger partial charge in [0.15, 0.2) is 0 Å². The van der Waals surface area contributed by atoms with Gasteiger partial charge in [0.1, 0.15) is 12.2 Å². The number of hydrogen-bond donors (Lipinski definition) is 1. The lowest BCUT2D eigenvalue weighted by atomic mass is 9.90. The minimum Gasteiger partial charge on any atom is -0.390 e. The molecule has 0 radical (unpaired) electrons. The Hall–Kier alpha value is -0.610. The molecule has 0 amide bonds. The Labute approximate surface area is 116 Å². The third kappa shape index (κ3) is 1.30. The predicted molar refractivity (Wildman–Crippen MR) is 69.1 cm³/mol. The van der Waals surface area contributed by atoms with Gasteiger partial charge in [0, 0.05) is 10.9 Å². The quantitative estimate of drug-likeness (QED) is 0.855. The van der Waals surface area contributed by atoms with E-state index in [1.165, 1.54) is 5.56 Å². The van der Waals surface area contributed by atoms with Crippen molar-refractivity contribution >= 4 is 11.6 Å². The summed E-state index contributed by atoms with van der Waals surface area (Å²) in [5.74, 6) is 1.01. The molecule has 2 saturated carbocycles. The summed E-state index contributed by atoms with van der Waals surface area (Å²) in [7, 11) is 0. The van der Waals surface area contributed by atoms with Crippen LogP contribution in [0.25, 0.3) is 0 Å². The summed E-state index contributed by atoms with van der Waals surface area (Å²) >= 11 is 6.05. The number of hydrogen-bond acceptors (Lipinski definition) is 3. The summed E-state index contributed by atoms with van der Waals surface area (Å²) in [4.78, 5) is 0. The summed E-state index contributed by atoms with van der Waals surface area (Å²) in [5.41, 5.74) is 2.40. The molecule has 4 heteroatoms. The van der Waals surface area contributed by atoms with E-state index in [1.54, 1.807) is 0 Å². The van der Waals surface area contributed by atoms with Gasteiger partial charge in [-0.3, -0.25) is 0 Å². The van der Waals surface area contributed by atoms with Crippen molar-refractivity contribution in [3.63, 3.8) is 0 Å². The molecule has 2 unspecified atom stereocenters. The first-order chi connectivity index (χ1) is 9.21. The number of benzene rings is 1. The first kappa shape index (κ1) is 11.1. The molecule has 19 heavy (non-hydrogen) atoms. The van der Waals surface area contributed by atoms with E-state index in [-0.39, 0.29) is 23.9 Å². The molecule has 100 valence electrons. The first-order valence-electron chi connectivity index (χ1n) is 6.96. The van der Waals surface area contributed by atoms with Gasteiger partial charge in [-0.15, -0.1) is 0 Å². The van der Waals surface area contributed by atoms with E-state index in [2.05, 4.69) is 0 Å². The van der Waals surface area contributed by atoms with Crippen molar-refractivity contribution in [2.24, 2.45) is 11.8 Å².